The van der Waals surface area contributed by atoms with Crippen molar-refractivity contribution in [1.82, 2.24) is 9.97 Å². The van der Waals surface area contributed by atoms with Crippen molar-refractivity contribution in [3.05, 3.63) is 45.0 Å². The number of amides is 1. The Morgan fingerprint density at radius 1 is 1.36 bits per heavy atom. The number of nitrogens with one attached hydrogen (secondary N) is 1. The number of fused-ring (bicyclic) bond motifs is 3. The van der Waals surface area contributed by atoms with Crippen LogP contribution in [0.5, 0.6) is 0 Å². The van der Waals surface area contributed by atoms with E-state index in [1.54, 1.807) is 17.7 Å². The first kappa shape index (κ1) is 17.0. The minimum atomic E-state index is -0.0194. The van der Waals surface area contributed by atoms with Crippen LogP contribution in [-0.4, -0.2) is 21.6 Å². The molecule has 2 heterocycles. The predicted octanol–water partition coefficient (Wildman–Crippen LogP) is 4.98. The van der Waals surface area contributed by atoms with Crippen molar-refractivity contribution in [3.63, 3.8) is 0 Å². The molecular weight excluding hydrogens is 418 g/mol. The highest BCUT2D eigenvalue weighted by atomic mass is 79.9. The number of aromatic nitrogens is 2. The molecule has 25 heavy (non-hydrogen) atoms. The number of halogens is 1. The Balaban J connectivity index is 1.50. The standard InChI is InChI=1S/C18H16BrN3OS2/c1-10-7-11(19)5-6-13(10)22-15(23)8-24-17-16-12-3-2-4-14(12)25-18(16)21-9-20-17/h5-7,9H,2-4,8H2,1H3,(H,22,23). The number of thioether (sulfide) groups is 1. The van der Waals surface area contributed by atoms with Gasteiger partial charge in [-0.15, -0.1) is 11.3 Å². The molecule has 7 heteroatoms. The summed E-state index contributed by atoms with van der Waals surface area (Å²) < 4.78 is 1.01. The third-order valence-electron chi connectivity index (χ3n) is 4.27. The lowest BCUT2D eigenvalue weighted by Gasteiger charge is -2.09. The molecular formula is C18H16BrN3OS2. The van der Waals surface area contributed by atoms with Gasteiger partial charge in [-0.2, -0.15) is 0 Å². The van der Waals surface area contributed by atoms with Gasteiger partial charge >= 0.3 is 0 Å². The molecule has 128 valence electrons. The molecule has 1 aliphatic rings. The van der Waals surface area contributed by atoms with E-state index in [4.69, 9.17) is 0 Å². The molecule has 0 spiro atoms. The van der Waals surface area contributed by atoms with E-state index in [-0.39, 0.29) is 5.91 Å². The fourth-order valence-electron chi connectivity index (χ4n) is 3.10. The highest BCUT2D eigenvalue weighted by molar-refractivity contribution is 9.10. The van der Waals surface area contributed by atoms with E-state index in [0.717, 1.165) is 43.8 Å². The van der Waals surface area contributed by atoms with Gasteiger partial charge in [0.25, 0.3) is 0 Å². The number of nitrogens with zero attached hydrogens (tertiary/aromatic N) is 2. The average molecular weight is 434 g/mol. The van der Waals surface area contributed by atoms with Gasteiger partial charge in [0.05, 0.1) is 5.75 Å². The second-order valence-electron chi connectivity index (χ2n) is 6.01. The van der Waals surface area contributed by atoms with Crippen LogP contribution in [0.15, 0.2) is 34.0 Å². The van der Waals surface area contributed by atoms with E-state index in [1.165, 1.54) is 28.6 Å². The molecule has 0 atom stereocenters. The number of aryl methyl sites for hydroxylation is 3. The second-order valence-corrected chi connectivity index (χ2v) is 8.98. The zero-order valence-electron chi connectivity index (χ0n) is 13.6. The quantitative estimate of drug-likeness (QED) is 0.465. The number of rotatable bonds is 4. The van der Waals surface area contributed by atoms with Crippen LogP contribution >= 0.6 is 39.0 Å². The first-order valence-corrected chi connectivity index (χ1v) is 10.7. The third-order valence-corrected chi connectivity index (χ3v) is 6.95. The van der Waals surface area contributed by atoms with Crippen molar-refractivity contribution in [2.24, 2.45) is 0 Å². The van der Waals surface area contributed by atoms with Gasteiger partial charge in [0.2, 0.25) is 5.91 Å². The van der Waals surface area contributed by atoms with E-state index in [9.17, 15) is 4.79 Å². The number of thiophene rings is 1. The summed E-state index contributed by atoms with van der Waals surface area (Å²) in [5, 5.41) is 5.07. The van der Waals surface area contributed by atoms with Gasteiger partial charge in [-0.3, -0.25) is 4.79 Å². The van der Waals surface area contributed by atoms with Gasteiger partial charge in [-0.1, -0.05) is 27.7 Å². The minimum Gasteiger partial charge on any atom is -0.325 e. The summed E-state index contributed by atoms with van der Waals surface area (Å²) in [5.74, 6) is 0.320. The molecule has 1 amide bonds. The zero-order chi connectivity index (χ0) is 17.4. The molecule has 3 aromatic rings. The van der Waals surface area contributed by atoms with Gasteiger partial charge < -0.3 is 5.32 Å². The molecule has 0 bridgehead atoms. The number of carbonyl (C=O) groups excluding carboxylic acids is 1. The van der Waals surface area contributed by atoms with Crippen molar-refractivity contribution in [2.45, 2.75) is 31.2 Å². The van der Waals surface area contributed by atoms with Crippen LogP contribution in [0.25, 0.3) is 10.2 Å². The lowest BCUT2D eigenvalue weighted by molar-refractivity contribution is -0.113. The molecule has 1 aliphatic carbocycles. The Morgan fingerprint density at radius 2 is 2.24 bits per heavy atom. The zero-order valence-corrected chi connectivity index (χ0v) is 16.9. The number of anilines is 1. The second kappa shape index (κ2) is 7.05. The van der Waals surface area contributed by atoms with E-state index >= 15 is 0 Å². The predicted molar refractivity (Wildman–Crippen MR) is 108 cm³/mol. The number of benzene rings is 1. The van der Waals surface area contributed by atoms with Crippen LogP contribution in [0.2, 0.25) is 0 Å². The molecule has 1 N–H and O–H groups in total. The summed E-state index contributed by atoms with van der Waals surface area (Å²) in [4.78, 5) is 23.7. The number of hydrogen-bond donors (Lipinski definition) is 1. The Morgan fingerprint density at radius 3 is 3.08 bits per heavy atom. The third kappa shape index (κ3) is 3.45. The average Bonchev–Trinajstić information content (AvgIpc) is 3.16. The Bertz CT molecular complexity index is 970. The Kier molecular flexibility index (Phi) is 4.80. The molecule has 2 aromatic heterocycles. The van der Waals surface area contributed by atoms with E-state index < -0.39 is 0 Å². The highest BCUT2D eigenvalue weighted by Gasteiger charge is 2.21. The van der Waals surface area contributed by atoms with Gasteiger partial charge in [0.15, 0.2) is 0 Å². The molecule has 0 saturated heterocycles. The van der Waals surface area contributed by atoms with Crippen LogP contribution in [0, 0.1) is 6.92 Å². The molecule has 0 fully saturated rings. The molecule has 0 saturated carbocycles. The lowest BCUT2D eigenvalue weighted by Crippen LogP contribution is -2.15. The number of hydrogen-bond acceptors (Lipinski definition) is 5. The molecule has 0 unspecified atom stereocenters. The van der Waals surface area contributed by atoms with E-state index in [0.29, 0.717) is 5.75 Å². The van der Waals surface area contributed by atoms with Crippen LogP contribution in [0.3, 0.4) is 0 Å². The minimum absolute atomic E-state index is 0.0194. The SMILES string of the molecule is Cc1cc(Br)ccc1NC(=O)CSc1ncnc2sc3c(c12)CCC3. The van der Waals surface area contributed by atoms with Gasteiger partial charge in [-0.05, 0) is 55.5 Å². The van der Waals surface area contributed by atoms with Crippen molar-refractivity contribution < 1.29 is 4.79 Å². The molecule has 0 aliphatic heterocycles. The van der Waals surface area contributed by atoms with Crippen LogP contribution in [0.4, 0.5) is 5.69 Å². The van der Waals surface area contributed by atoms with Crippen LogP contribution in [-0.2, 0) is 17.6 Å². The Hall–Kier alpha value is -1.44. The summed E-state index contributed by atoms with van der Waals surface area (Å²) in [6, 6.07) is 5.83. The molecule has 0 radical (unpaired) electrons. The fraction of sp³-hybridized carbons (Fsp3) is 0.278. The highest BCUT2D eigenvalue weighted by Crippen LogP contribution is 2.40. The summed E-state index contributed by atoms with van der Waals surface area (Å²) >= 11 is 6.70. The van der Waals surface area contributed by atoms with Crippen molar-refractivity contribution >= 4 is 60.8 Å². The first-order valence-electron chi connectivity index (χ1n) is 8.06. The normalized spacial score (nSPS) is 13.2. The molecule has 4 nitrogen and oxygen atoms in total. The molecule has 4 rings (SSSR count). The largest absolute Gasteiger partial charge is 0.325 e. The maximum Gasteiger partial charge on any atom is 0.234 e. The lowest BCUT2D eigenvalue weighted by atomic mass is 10.2. The first-order chi connectivity index (χ1) is 12.1. The van der Waals surface area contributed by atoms with Crippen LogP contribution in [0.1, 0.15) is 22.4 Å². The van der Waals surface area contributed by atoms with Gasteiger partial charge in [0, 0.05) is 20.4 Å². The van der Waals surface area contributed by atoms with Crippen molar-refractivity contribution in [1.29, 1.82) is 0 Å². The maximum atomic E-state index is 12.3. The van der Waals surface area contributed by atoms with E-state index in [2.05, 4.69) is 31.2 Å². The monoisotopic (exact) mass is 433 g/mol. The summed E-state index contributed by atoms with van der Waals surface area (Å²) in [7, 11) is 0. The summed E-state index contributed by atoms with van der Waals surface area (Å²) in [5.41, 5.74) is 3.28. The fourth-order valence-corrected chi connectivity index (χ4v) is 5.69. The van der Waals surface area contributed by atoms with Crippen molar-refractivity contribution in [3.8, 4) is 0 Å². The Labute approximate surface area is 162 Å². The molecule has 1 aromatic carbocycles. The topological polar surface area (TPSA) is 54.9 Å². The number of carbonyl (C=O) groups is 1. The summed E-state index contributed by atoms with van der Waals surface area (Å²) in [6.07, 6.45) is 5.05. The van der Waals surface area contributed by atoms with Crippen LogP contribution < -0.4 is 5.32 Å². The van der Waals surface area contributed by atoms with Gasteiger partial charge in [0.1, 0.15) is 16.2 Å². The van der Waals surface area contributed by atoms with E-state index in [1.807, 2.05) is 25.1 Å². The van der Waals surface area contributed by atoms with Crippen molar-refractivity contribution in [2.75, 3.05) is 11.1 Å². The maximum absolute atomic E-state index is 12.3. The smallest absolute Gasteiger partial charge is 0.234 e. The summed E-state index contributed by atoms with van der Waals surface area (Å²) in [6.45, 7) is 1.98. The van der Waals surface area contributed by atoms with Gasteiger partial charge in [-0.25, -0.2) is 9.97 Å².